The normalized spacial score (nSPS) is 15.8. The van der Waals surface area contributed by atoms with E-state index in [0.717, 1.165) is 11.1 Å². The second kappa shape index (κ2) is 8.49. The smallest absolute Gasteiger partial charge is 0.254 e. The molecule has 28 heavy (non-hydrogen) atoms. The van der Waals surface area contributed by atoms with Crippen molar-refractivity contribution in [1.29, 1.82) is 0 Å². The van der Waals surface area contributed by atoms with E-state index in [9.17, 15) is 18.8 Å². The van der Waals surface area contributed by atoms with Gasteiger partial charge in [-0.25, -0.2) is 4.39 Å². The SMILES string of the molecule is C#CCN(Cc1ccc(F)cc1)C(=O)c1ccc(CC2CC(=O)NC2=O)cc1. The van der Waals surface area contributed by atoms with Crippen LogP contribution in [-0.4, -0.2) is 29.2 Å². The third-order valence-electron chi connectivity index (χ3n) is 4.60. The van der Waals surface area contributed by atoms with Gasteiger partial charge in [0.1, 0.15) is 5.82 Å². The van der Waals surface area contributed by atoms with Crippen molar-refractivity contribution in [1.82, 2.24) is 10.2 Å². The Hall–Kier alpha value is -3.46. The molecule has 2 aromatic rings. The van der Waals surface area contributed by atoms with Crippen molar-refractivity contribution in [3.8, 4) is 12.3 Å². The van der Waals surface area contributed by atoms with Crippen molar-refractivity contribution in [3.05, 3.63) is 71.0 Å². The fraction of sp³-hybridized carbons (Fsp3) is 0.227. The number of nitrogens with one attached hydrogen (secondary N) is 1. The molecule has 1 N–H and O–H groups in total. The van der Waals surface area contributed by atoms with Crippen LogP contribution in [-0.2, 0) is 22.6 Å². The number of hydrogen-bond acceptors (Lipinski definition) is 3. The highest BCUT2D eigenvalue weighted by Crippen LogP contribution is 2.18. The number of carbonyl (C=O) groups is 3. The number of hydrogen-bond donors (Lipinski definition) is 1. The number of rotatable bonds is 6. The Morgan fingerprint density at radius 2 is 1.75 bits per heavy atom. The first-order valence-electron chi connectivity index (χ1n) is 8.86. The lowest BCUT2D eigenvalue weighted by Crippen LogP contribution is -2.31. The average molecular weight is 378 g/mol. The molecule has 1 aliphatic heterocycles. The second-order valence-corrected chi connectivity index (χ2v) is 6.71. The van der Waals surface area contributed by atoms with Crippen LogP contribution in [0.4, 0.5) is 4.39 Å². The largest absolute Gasteiger partial charge is 0.323 e. The van der Waals surface area contributed by atoms with Gasteiger partial charge in [0.25, 0.3) is 5.91 Å². The summed E-state index contributed by atoms with van der Waals surface area (Å²) in [6.07, 6.45) is 6.02. The van der Waals surface area contributed by atoms with Crippen LogP contribution < -0.4 is 5.32 Å². The summed E-state index contributed by atoms with van der Waals surface area (Å²) < 4.78 is 13.1. The van der Waals surface area contributed by atoms with Crippen LogP contribution in [0, 0.1) is 24.1 Å². The summed E-state index contributed by atoms with van der Waals surface area (Å²) in [5.41, 5.74) is 2.11. The predicted octanol–water partition coefficient (Wildman–Crippen LogP) is 2.31. The van der Waals surface area contributed by atoms with Gasteiger partial charge in [-0.15, -0.1) is 6.42 Å². The highest BCUT2D eigenvalue weighted by molar-refractivity contribution is 6.03. The molecule has 0 aromatic heterocycles. The summed E-state index contributed by atoms with van der Waals surface area (Å²) in [5.74, 6) is 1.01. The van der Waals surface area contributed by atoms with Gasteiger partial charge in [-0.3, -0.25) is 19.7 Å². The van der Waals surface area contributed by atoms with E-state index >= 15 is 0 Å². The third-order valence-corrected chi connectivity index (χ3v) is 4.60. The Labute approximate surface area is 162 Å². The lowest BCUT2D eigenvalue weighted by molar-refractivity contribution is -0.125. The van der Waals surface area contributed by atoms with Crippen LogP contribution in [0.15, 0.2) is 48.5 Å². The van der Waals surface area contributed by atoms with E-state index in [1.54, 1.807) is 36.4 Å². The molecule has 0 aliphatic carbocycles. The molecule has 0 bridgehead atoms. The minimum Gasteiger partial charge on any atom is -0.323 e. The summed E-state index contributed by atoms with van der Waals surface area (Å²) in [6, 6.07) is 12.8. The molecular formula is C22H19FN2O3. The summed E-state index contributed by atoms with van der Waals surface area (Å²) in [6.45, 7) is 0.401. The number of amides is 3. The minimum absolute atomic E-state index is 0.127. The fourth-order valence-electron chi connectivity index (χ4n) is 3.14. The molecule has 0 saturated carbocycles. The van der Waals surface area contributed by atoms with Gasteiger partial charge < -0.3 is 4.90 Å². The fourth-order valence-corrected chi connectivity index (χ4v) is 3.14. The lowest BCUT2D eigenvalue weighted by atomic mass is 9.97. The Bertz CT molecular complexity index is 930. The third kappa shape index (κ3) is 4.63. The van der Waals surface area contributed by atoms with Crippen molar-refractivity contribution in [2.75, 3.05) is 6.54 Å². The van der Waals surface area contributed by atoms with Gasteiger partial charge in [0.2, 0.25) is 11.8 Å². The van der Waals surface area contributed by atoms with E-state index < -0.39 is 0 Å². The summed E-state index contributed by atoms with van der Waals surface area (Å²) in [4.78, 5) is 37.3. The molecule has 1 fully saturated rings. The summed E-state index contributed by atoms with van der Waals surface area (Å²) in [7, 11) is 0. The van der Waals surface area contributed by atoms with Crippen molar-refractivity contribution in [2.45, 2.75) is 19.4 Å². The topological polar surface area (TPSA) is 66.5 Å². The van der Waals surface area contributed by atoms with E-state index in [-0.39, 0.29) is 49.0 Å². The summed E-state index contributed by atoms with van der Waals surface area (Å²) >= 11 is 0. The van der Waals surface area contributed by atoms with Gasteiger partial charge in [-0.2, -0.15) is 0 Å². The lowest BCUT2D eigenvalue weighted by Gasteiger charge is -2.20. The molecule has 3 rings (SSSR count). The molecule has 1 unspecified atom stereocenters. The zero-order valence-corrected chi connectivity index (χ0v) is 15.2. The van der Waals surface area contributed by atoms with Gasteiger partial charge in [-0.1, -0.05) is 30.2 Å². The average Bonchev–Trinajstić information content (AvgIpc) is 3.00. The first-order chi connectivity index (χ1) is 13.5. The first kappa shape index (κ1) is 19.3. The molecule has 0 radical (unpaired) electrons. The Morgan fingerprint density at radius 3 is 2.32 bits per heavy atom. The van der Waals surface area contributed by atoms with Gasteiger partial charge in [0, 0.05) is 18.5 Å². The Morgan fingerprint density at radius 1 is 1.11 bits per heavy atom. The van der Waals surface area contributed by atoms with Gasteiger partial charge in [0.05, 0.1) is 12.5 Å². The first-order valence-corrected chi connectivity index (χ1v) is 8.86. The van der Waals surface area contributed by atoms with E-state index in [1.807, 2.05) is 0 Å². The van der Waals surface area contributed by atoms with Crippen molar-refractivity contribution < 1.29 is 18.8 Å². The molecule has 1 saturated heterocycles. The maximum Gasteiger partial charge on any atom is 0.254 e. The van der Waals surface area contributed by atoms with Gasteiger partial charge in [-0.05, 0) is 41.8 Å². The van der Waals surface area contributed by atoms with Crippen LogP contribution in [0.2, 0.25) is 0 Å². The number of nitrogens with zero attached hydrogens (tertiary/aromatic N) is 1. The minimum atomic E-state index is -0.370. The molecular weight excluding hydrogens is 359 g/mol. The van der Waals surface area contributed by atoms with Crippen LogP contribution in [0.5, 0.6) is 0 Å². The zero-order valence-electron chi connectivity index (χ0n) is 15.2. The van der Waals surface area contributed by atoms with Crippen LogP contribution in [0.1, 0.15) is 27.9 Å². The quantitative estimate of drug-likeness (QED) is 0.620. The Kier molecular flexibility index (Phi) is 5.85. The monoisotopic (exact) mass is 378 g/mol. The predicted molar refractivity (Wildman–Crippen MR) is 101 cm³/mol. The molecule has 0 spiro atoms. The molecule has 1 atom stereocenters. The van der Waals surface area contributed by atoms with Gasteiger partial charge in [0.15, 0.2) is 0 Å². The van der Waals surface area contributed by atoms with Gasteiger partial charge >= 0.3 is 0 Å². The standard InChI is InChI=1S/C22H19FN2O3/c1-2-11-25(14-16-5-9-19(23)10-6-16)22(28)17-7-3-15(4-8-17)12-18-13-20(26)24-21(18)27/h1,3-10,18H,11-14H2,(H,24,26,27). The van der Waals surface area contributed by atoms with Crippen molar-refractivity contribution in [2.24, 2.45) is 5.92 Å². The van der Waals surface area contributed by atoms with E-state index in [0.29, 0.717) is 12.0 Å². The van der Waals surface area contributed by atoms with Crippen molar-refractivity contribution >= 4 is 17.7 Å². The summed E-state index contributed by atoms with van der Waals surface area (Å²) in [5, 5.41) is 2.29. The van der Waals surface area contributed by atoms with E-state index in [1.165, 1.54) is 17.0 Å². The maximum absolute atomic E-state index is 13.1. The molecule has 2 aromatic carbocycles. The zero-order chi connectivity index (χ0) is 20.1. The molecule has 142 valence electrons. The molecule has 3 amide bonds. The highest BCUT2D eigenvalue weighted by Gasteiger charge is 2.30. The number of carbonyl (C=O) groups excluding carboxylic acids is 3. The van der Waals surface area contributed by atoms with Crippen LogP contribution >= 0.6 is 0 Å². The molecule has 6 heteroatoms. The number of terminal acetylenes is 1. The van der Waals surface area contributed by atoms with Crippen LogP contribution in [0.25, 0.3) is 0 Å². The molecule has 1 aliphatic rings. The highest BCUT2D eigenvalue weighted by atomic mass is 19.1. The van der Waals surface area contributed by atoms with Crippen LogP contribution in [0.3, 0.4) is 0 Å². The van der Waals surface area contributed by atoms with Crippen molar-refractivity contribution in [3.63, 3.8) is 0 Å². The Balaban J connectivity index is 1.69. The number of imide groups is 1. The maximum atomic E-state index is 13.1. The number of benzene rings is 2. The van der Waals surface area contributed by atoms with E-state index in [4.69, 9.17) is 6.42 Å². The van der Waals surface area contributed by atoms with E-state index in [2.05, 4.69) is 11.2 Å². The molecule has 5 nitrogen and oxygen atoms in total. The second-order valence-electron chi connectivity index (χ2n) is 6.71. The number of halogens is 1. The molecule has 1 heterocycles.